The third-order valence-corrected chi connectivity index (χ3v) is 4.57. The molecule has 1 unspecified atom stereocenters. The maximum atomic E-state index is 12.3. The summed E-state index contributed by atoms with van der Waals surface area (Å²) in [4.78, 5) is 33.0. The Labute approximate surface area is 164 Å². The molecule has 1 aromatic carbocycles. The minimum atomic E-state index is -0.202. The molecule has 2 amide bonds. The Morgan fingerprint density at radius 3 is 2.68 bits per heavy atom. The molecule has 148 valence electrons. The smallest absolute Gasteiger partial charge is 0.225 e. The lowest BCUT2D eigenvalue weighted by molar-refractivity contribution is -0.117. The summed E-state index contributed by atoms with van der Waals surface area (Å²) in [5.41, 5.74) is 2.99. The van der Waals surface area contributed by atoms with E-state index in [9.17, 15) is 9.59 Å². The molecule has 0 fully saturated rings. The van der Waals surface area contributed by atoms with Crippen molar-refractivity contribution in [3.8, 4) is 5.75 Å². The predicted molar refractivity (Wildman–Crippen MR) is 108 cm³/mol. The molecule has 2 aromatic rings. The molecule has 0 bridgehead atoms. The second kappa shape index (κ2) is 8.69. The van der Waals surface area contributed by atoms with Crippen molar-refractivity contribution in [2.75, 3.05) is 29.6 Å². The second-order valence-corrected chi connectivity index (χ2v) is 6.61. The molecular weight excluding hydrogens is 358 g/mol. The number of methoxy groups -OCH3 is 1. The Hall–Kier alpha value is -3.16. The minimum absolute atomic E-state index is 0.0736. The molecule has 1 aliphatic heterocycles. The molecule has 8 nitrogen and oxygen atoms in total. The van der Waals surface area contributed by atoms with E-state index >= 15 is 0 Å². The van der Waals surface area contributed by atoms with Gasteiger partial charge in [-0.3, -0.25) is 9.59 Å². The zero-order chi connectivity index (χ0) is 20.1. The van der Waals surface area contributed by atoms with Gasteiger partial charge in [-0.1, -0.05) is 6.92 Å². The van der Waals surface area contributed by atoms with Gasteiger partial charge in [0.05, 0.1) is 12.8 Å². The number of hydrogen-bond donors (Lipinski definition) is 3. The van der Waals surface area contributed by atoms with Crippen molar-refractivity contribution in [3.05, 3.63) is 35.7 Å². The molecule has 2 heterocycles. The van der Waals surface area contributed by atoms with E-state index in [1.807, 2.05) is 19.9 Å². The van der Waals surface area contributed by atoms with Crippen LogP contribution in [0, 0.1) is 0 Å². The van der Waals surface area contributed by atoms with Crippen molar-refractivity contribution in [2.24, 2.45) is 0 Å². The van der Waals surface area contributed by atoms with Gasteiger partial charge in [-0.25, -0.2) is 9.97 Å². The first-order valence-corrected chi connectivity index (χ1v) is 9.43. The maximum Gasteiger partial charge on any atom is 0.225 e. The summed E-state index contributed by atoms with van der Waals surface area (Å²) in [5.74, 6) is 0.692. The second-order valence-electron chi connectivity index (χ2n) is 6.61. The number of anilines is 3. The van der Waals surface area contributed by atoms with Crippen molar-refractivity contribution in [2.45, 2.75) is 39.0 Å². The Bertz CT molecular complexity index is 867. The van der Waals surface area contributed by atoms with E-state index in [1.54, 1.807) is 18.5 Å². The third kappa shape index (κ3) is 4.21. The van der Waals surface area contributed by atoms with Crippen LogP contribution in [0.1, 0.15) is 50.2 Å². The third-order valence-electron chi connectivity index (χ3n) is 4.57. The lowest BCUT2D eigenvalue weighted by atomic mass is 9.85. The Morgan fingerprint density at radius 1 is 1.29 bits per heavy atom. The lowest BCUT2D eigenvalue weighted by Gasteiger charge is -2.27. The Balaban J connectivity index is 1.99. The average molecular weight is 383 g/mol. The van der Waals surface area contributed by atoms with E-state index in [0.717, 1.165) is 24.1 Å². The van der Waals surface area contributed by atoms with Crippen LogP contribution in [0.3, 0.4) is 0 Å². The van der Waals surface area contributed by atoms with Gasteiger partial charge in [-0.15, -0.1) is 0 Å². The topological polar surface area (TPSA) is 105 Å². The van der Waals surface area contributed by atoms with Gasteiger partial charge in [0.25, 0.3) is 0 Å². The first kappa shape index (κ1) is 19.6. The number of ether oxygens (including phenoxy) is 1. The first-order valence-electron chi connectivity index (χ1n) is 9.43. The zero-order valence-corrected chi connectivity index (χ0v) is 16.3. The number of hydrogen-bond acceptors (Lipinski definition) is 6. The van der Waals surface area contributed by atoms with Crippen molar-refractivity contribution in [1.29, 1.82) is 0 Å². The van der Waals surface area contributed by atoms with E-state index in [1.165, 1.54) is 7.11 Å². The van der Waals surface area contributed by atoms with Crippen LogP contribution >= 0.6 is 0 Å². The van der Waals surface area contributed by atoms with Gasteiger partial charge in [-0.2, -0.15) is 0 Å². The van der Waals surface area contributed by atoms with Crippen LogP contribution in [0.4, 0.5) is 17.3 Å². The molecular formula is C20H25N5O3. The molecule has 0 saturated carbocycles. The highest BCUT2D eigenvalue weighted by Gasteiger charge is 2.29. The van der Waals surface area contributed by atoms with Gasteiger partial charge >= 0.3 is 0 Å². The molecule has 3 N–H and O–H groups in total. The number of carbonyl (C=O) groups is 2. The molecule has 1 atom stereocenters. The highest BCUT2D eigenvalue weighted by Crippen LogP contribution is 2.42. The van der Waals surface area contributed by atoms with Gasteiger partial charge in [0, 0.05) is 49.5 Å². The molecule has 0 saturated heterocycles. The number of rotatable bonds is 7. The fraction of sp³-hybridized carbons (Fsp3) is 0.400. The monoisotopic (exact) mass is 383 g/mol. The molecule has 0 radical (unpaired) electrons. The fourth-order valence-corrected chi connectivity index (χ4v) is 3.26. The quantitative estimate of drug-likeness (QED) is 0.678. The normalized spacial score (nSPS) is 15.4. The molecule has 8 heteroatoms. The van der Waals surface area contributed by atoms with Crippen molar-refractivity contribution in [1.82, 2.24) is 9.97 Å². The molecule has 28 heavy (non-hydrogen) atoms. The number of nitrogens with zero attached hydrogens (tertiary/aromatic N) is 2. The van der Waals surface area contributed by atoms with Gasteiger partial charge < -0.3 is 20.7 Å². The summed E-state index contributed by atoms with van der Waals surface area (Å²) in [5, 5.41) is 8.85. The molecule has 1 aliphatic rings. The lowest BCUT2D eigenvalue weighted by Crippen LogP contribution is -2.24. The SMILES string of the molecule is CCCC(=O)Nc1cc2c(cc1OC)NC(=O)CC2c1cnc(NCC)nc1. The van der Waals surface area contributed by atoms with E-state index < -0.39 is 0 Å². The highest BCUT2D eigenvalue weighted by molar-refractivity contribution is 5.98. The van der Waals surface area contributed by atoms with Crippen molar-refractivity contribution < 1.29 is 14.3 Å². The first-order chi connectivity index (χ1) is 13.5. The van der Waals surface area contributed by atoms with Crippen LogP contribution in [0.2, 0.25) is 0 Å². The molecule has 0 aliphatic carbocycles. The van der Waals surface area contributed by atoms with E-state index in [-0.39, 0.29) is 24.2 Å². The fourth-order valence-electron chi connectivity index (χ4n) is 3.26. The largest absolute Gasteiger partial charge is 0.494 e. The highest BCUT2D eigenvalue weighted by atomic mass is 16.5. The van der Waals surface area contributed by atoms with Crippen molar-refractivity contribution >= 4 is 29.1 Å². The van der Waals surface area contributed by atoms with Crippen LogP contribution in [-0.2, 0) is 9.59 Å². The summed E-state index contributed by atoms with van der Waals surface area (Å²) in [7, 11) is 1.53. The van der Waals surface area contributed by atoms with Gasteiger partial charge in [0.15, 0.2) is 0 Å². The molecule has 0 spiro atoms. The summed E-state index contributed by atoms with van der Waals surface area (Å²) in [6.07, 6.45) is 4.94. The van der Waals surface area contributed by atoms with Gasteiger partial charge in [-0.05, 0) is 30.5 Å². The summed E-state index contributed by atoms with van der Waals surface area (Å²) in [6, 6.07) is 3.61. The van der Waals surface area contributed by atoms with E-state index in [4.69, 9.17) is 4.74 Å². The maximum absolute atomic E-state index is 12.3. The predicted octanol–water partition coefficient (Wildman–Crippen LogP) is 3.13. The number of amides is 2. The average Bonchev–Trinajstić information content (AvgIpc) is 2.68. The van der Waals surface area contributed by atoms with E-state index in [0.29, 0.717) is 29.5 Å². The summed E-state index contributed by atoms with van der Waals surface area (Å²) in [6.45, 7) is 4.65. The molecule has 1 aromatic heterocycles. The van der Waals surface area contributed by atoms with Crippen LogP contribution in [0.5, 0.6) is 5.75 Å². The van der Waals surface area contributed by atoms with Crippen LogP contribution in [0.15, 0.2) is 24.5 Å². The molecule has 3 rings (SSSR count). The van der Waals surface area contributed by atoms with Crippen LogP contribution in [-0.4, -0.2) is 35.4 Å². The summed E-state index contributed by atoms with van der Waals surface area (Å²) >= 11 is 0. The van der Waals surface area contributed by atoms with E-state index in [2.05, 4.69) is 25.9 Å². The minimum Gasteiger partial charge on any atom is -0.494 e. The van der Waals surface area contributed by atoms with Crippen LogP contribution < -0.4 is 20.7 Å². The number of fused-ring (bicyclic) bond motifs is 1. The van der Waals surface area contributed by atoms with Crippen molar-refractivity contribution in [3.63, 3.8) is 0 Å². The Morgan fingerprint density at radius 2 is 2.04 bits per heavy atom. The Kier molecular flexibility index (Phi) is 6.08. The van der Waals surface area contributed by atoms with Gasteiger partial charge in [0.1, 0.15) is 5.75 Å². The number of benzene rings is 1. The standard InChI is InChI=1S/C20H25N5O3/c1-4-6-18(26)25-16-7-14-13(12-10-22-20(21-5-2)23-11-12)8-19(27)24-15(14)9-17(16)28-3/h7,9-11,13H,4-6,8H2,1-3H3,(H,24,27)(H,25,26)(H,21,22,23). The number of carbonyl (C=O) groups excluding carboxylic acids is 2. The van der Waals surface area contributed by atoms with Crippen LogP contribution in [0.25, 0.3) is 0 Å². The number of nitrogens with one attached hydrogen (secondary N) is 3. The zero-order valence-electron chi connectivity index (χ0n) is 16.3. The van der Waals surface area contributed by atoms with Gasteiger partial charge in [0.2, 0.25) is 17.8 Å². The number of aromatic nitrogens is 2. The summed E-state index contributed by atoms with van der Waals surface area (Å²) < 4.78 is 5.41.